The maximum Gasteiger partial charge on any atom is 0.410 e. The Bertz CT molecular complexity index is 1110. The minimum Gasteiger partial charge on any atom is -0.444 e. The summed E-state index contributed by atoms with van der Waals surface area (Å²) in [5.74, 6) is 0.844. The molecular weight excluding hydrogens is 410 g/mol. The Hall–Kier alpha value is -2.67. The molecule has 1 fully saturated rings. The molecule has 0 saturated carbocycles. The van der Waals surface area contributed by atoms with Crippen LogP contribution in [0.15, 0.2) is 58.2 Å². The minimum absolute atomic E-state index is 0.0541. The number of hydrogen-bond acceptors (Lipinski definition) is 4. The first-order chi connectivity index (χ1) is 14.8. The maximum atomic E-state index is 12.9. The number of para-hydroxylation sites is 1. The van der Waals surface area contributed by atoms with Gasteiger partial charge in [0.1, 0.15) is 5.60 Å². The van der Waals surface area contributed by atoms with Crippen LogP contribution in [0.25, 0.3) is 11.0 Å². The lowest BCUT2D eigenvalue weighted by Gasteiger charge is -2.34. The van der Waals surface area contributed by atoms with Gasteiger partial charge in [-0.15, -0.1) is 11.8 Å². The number of piperidine rings is 1. The molecule has 0 spiro atoms. The number of carbonyl (C=O) groups excluding carboxylic acids is 1. The summed E-state index contributed by atoms with van der Waals surface area (Å²) in [4.78, 5) is 31.1. The van der Waals surface area contributed by atoms with E-state index in [2.05, 4.69) is 23.2 Å². The lowest BCUT2D eigenvalue weighted by atomic mass is 10.0. The zero-order valence-electron chi connectivity index (χ0n) is 18.3. The number of likely N-dealkylation sites (tertiary alicyclic amines) is 1. The van der Waals surface area contributed by atoms with Crippen molar-refractivity contribution in [2.75, 3.05) is 13.1 Å². The van der Waals surface area contributed by atoms with Crippen LogP contribution < -0.4 is 5.69 Å². The van der Waals surface area contributed by atoms with Gasteiger partial charge in [-0.05, 0) is 51.3 Å². The van der Waals surface area contributed by atoms with Crippen LogP contribution in [0.4, 0.5) is 4.79 Å². The molecule has 0 atom stereocenters. The lowest BCUT2D eigenvalue weighted by molar-refractivity contribution is 0.0189. The molecule has 0 unspecified atom stereocenters. The van der Waals surface area contributed by atoms with E-state index in [9.17, 15) is 9.59 Å². The van der Waals surface area contributed by atoms with Crippen LogP contribution in [0.5, 0.6) is 0 Å². The van der Waals surface area contributed by atoms with Gasteiger partial charge in [0.2, 0.25) is 0 Å². The van der Waals surface area contributed by atoms with Gasteiger partial charge in [0, 0.05) is 29.8 Å². The summed E-state index contributed by atoms with van der Waals surface area (Å²) in [6.07, 6.45) is 1.17. The van der Waals surface area contributed by atoms with Crippen LogP contribution >= 0.6 is 11.8 Å². The number of benzene rings is 2. The van der Waals surface area contributed by atoms with E-state index in [4.69, 9.17) is 4.74 Å². The van der Waals surface area contributed by atoms with Gasteiger partial charge in [-0.25, -0.2) is 9.59 Å². The Morgan fingerprint density at radius 3 is 2.48 bits per heavy atom. The van der Waals surface area contributed by atoms with Crippen LogP contribution in [-0.4, -0.2) is 39.2 Å². The number of fused-ring (bicyclic) bond motifs is 1. The molecule has 7 heteroatoms. The summed E-state index contributed by atoms with van der Waals surface area (Å²) in [7, 11) is 0. The second-order valence-electron chi connectivity index (χ2n) is 8.93. The summed E-state index contributed by atoms with van der Waals surface area (Å²) in [5.41, 5.74) is 2.48. The molecule has 1 N–H and O–H groups in total. The quantitative estimate of drug-likeness (QED) is 0.568. The average Bonchev–Trinajstić information content (AvgIpc) is 3.08. The number of aromatic nitrogens is 2. The van der Waals surface area contributed by atoms with Crippen molar-refractivity contribution in [1.29, 1.82) is 0 Å². The van der Waals surface area contributed by atoms with Gasteiger partial charge >= 0.3 is 11.8 Å². The van der Waals surface area contributed by atoms with Crippen molar-refractivity contribution in [2.45, 2.75) is 55.9 Å². The number of ether oxygens (including phenoxy) is 1. The number of thioether (sulfide) groups is 1. The summed E-state index contributed by atoms with van der Waals surface area (Å²) in [5, 5.41) is 0. The van der Waals surface area contributed by atoms with Crippen LogP contribution in [0, 0.1) is 0 Å². The zero-order valence-corrected chi connectivity index (χ0v) is 19.1. The number of nitrogens with one attached hydrogen (secondary N) is 1. The molecule has 4 rings (SSSR count). The fourth-order valence-electron chi connectivity index (χ4n) is 3.98. The topological polar surface area (TPSA) is 67.3 Å². The standard InChI is InChI=1S/C24H29N3O3S/c1-24(2,3)30-23(29)26-14-12-18(13-15-26)27-21-19(25-22(27)28)10-7-11-20(21)31-16-17-8-5-4-6-9-17/h4-11,18H,12-16H2,1-3H3,(H,25,28). The maximum absolute atomic E-state index is 12.9. The number of aromatic amines is 1. The molecule has 1 aliphatic heterocycles. The fraction of sp³-hybridized carbons (Fsp3) is 0.417. The molecule has 1 saturated heterocycles. The van der Waals surface area contributed by atoms with Crippen LogP contribution in [0.2, 0.25) is 0 Å². The highest BCUT2D eigenvalue weighted by Crippen LogP contribution is 2.33. The van der Waals surface area contributed by atoms with E-state index in [0.717, 1.165) is 34.5 Å². The van der Waals surface area contributed by atoms with Crippen LogP contribution in [0.3, 0.4) is 0 Å². The Labute approximate surface area is 186 Å². The lowest BCUT2D eigenvalue weighted by Crippen LogP contribution is -2.43. The predicted molar refractivity (Wildman–Crippen MR) is 125 cm³/mol. The highest BCUT2D eigenvalue weighted by Gasteiger charge is 2.29. The average molecular weight is 440 g/mol. The van der Waals surface area contributed by atoms with Gasteiger partial charge < -0.3 is 14.6 Å². The summed E-state index contributed by atoms with van der Waals surface area (Å²) < 4.78 is 7.40. The van der Waals surface area contributed by atoms with E-state index in [-0.39, 0.29) is 17.8 Å². The minimum atomic E-state index is -0.507. The molecule has 164 valence electrons. The highest BCUT2D eigenvalue weighted by molar-refractivity contribution is 7.98. The smallest absolute Gasteiger partial charge is 0.410 e. The molecule has 3 aromatic rings. The van der Waals surface area contributed by atoms with E-state index >= 15 is 0 Å². The highest BCUT2D eigenvalue weighted by atomic mass is 32.2. The third kappa shape index (κ3) is 4.98. The van der Waals surface area contributed by atoms with E-state index in [1.165, 1.54) is 5.56 Å². The van der Waals surface area contributed by atoms with Crippen molar-refractivity contribution in [2.24, 2.45) is 0 Å². The number of nitrogens with zero attached hydrogens (tertiary/aromatic N) is 2. The number of imidazole rings is 1. The molecule has 2 heterocycles. The Kier molecular flexibility index (Phi) is 6.14. The molecule has 2 aromatic carbocycles. The second kappa shape index (κ2) is 8.83. The van der Waals surface area contributed by atoms with Crippen molar-refractivity contribution in [3.63, 3.8) is 0 Å². The van der Waals surface area contributed by atoms with E-state index in [1.807, 2.05) is 55.7 Å². The third-order valence-corrected chi connectivity index (χ3v) is 6.54. The van der Waals surface area contributed by atoms with E-state index in [0.29, 0.717) is 13.1 Å². The Morgan fingerprint density at radius 1 is 1.10 bits per heavy atom. The van der Waals surface area contributed by atoms with E-state index in [1.54, 1.807) is 16.7 Å². The van der Waals surface area contributed by atoms with E-state index < -0.39 is 5.60 Å². The summed E-state index contributed by atoms with van der Waals surface area (Å²) in [6.45, 7) is 6.78. The van der Waals surface area contributed by atoms with Gasteiger partial charge in [-0.3, -0.25) is 4.57 Å². The van der Waals surface area contributed by atoms with Gasteiger partial charge in [-0.1, -0.05) is 36.4 Å². The van der Waals surface area contributed by atoms with Gasteiger partial charge in [-0.2, -0.15) is 0 Å². The van der Waals surface area contributed by atoms with Crippen molar-refractivity contribution in [3.05, 3.63) is 64.6 Å². The first kappa shape index (κ1) is 21.6. The number of hydrogen-bond donors (Lipinski definition) is 1. The van der Waals surface area contributed by atoms with Crippen molar-refractivity contribution in [1.82, 2.24) is 14.5 Å². The fourth-order valence-corrected chi connectivity index (χ4v) is 5.02. The van der Waals surface area contributed by atoms with Crippen LogP contribution in [-0.2, 0) is 10.5 Å². The first-order valence-electron chi connectivity index (χ1n) is 10.7. The second-order valence-corrected chi connectivity index (χ2v) is 9.94. The largest absolute Gasteiger partial charge is 0.444 e. The third-order valence-electron chi connectivity index (χ3n) is 5.42. The van der Waals surface area contributed by atoms with Crippen molar-refractivity contribution in [3.8, 4) is 0 Å². The predicted octanol–water partition coefficient (Wildman–Crippen LogP) is 5.19. The SMILES string of the molecule is CC(C)(C)OC(=O)N1CCC(n2c(=O)[nH]c3cccc(SCc4ccccc4)c32)CC1. The molecule has 1 aliphatic rings. The molecule has 1 aromatic heterocycles. The van der Waals surface area contributed by atoms with Crippen LogP contribution in [0.1, 0.15) is 45.2 Å². The molecule has 0 radical (unpaired) electrons. The number of amides is 1. The first-order valence-corrected chi connectivity index (χ1v) is 11.7. The monoisotopic (exact) mass is 439 g/mol. The molecule has 1 amide bonds. The Morgan fingerprint density at radius 2 is 1.81 bits per heavy atom. The van der Waals surface area contributed by atoms with Crippen molar-refractivity contribution < 1.29 is 9.53 Å². The normalized spacial score (nSPS) is 15.4. The van der Waals surface area contributed by atoms with Crippen molar-refractivity contribution >= 4 is 28.9 Å². The van der Waals surface area contributed by atoms with Gasteiger partial charge in [0.25, 0.3) is 0 Å². The molecule has 31 heavy (non-hydrogen) atoms. The summed E-state index contributed by atoms with van der Waals surface area (Å²) in [6, 6.07) is 16.4. The summed E-state index contributed by atoms with van der Waals surface area (Å²) >= 11 is 1.74. The number of H-pyrrole nitrogens is 1. The number of rotatable bonds is 4. The molecular formula is C24H29N3O3S. The molecule has 0 aliphatic carbocycles. The Balaban J connectivity index is 1.54. The van der Waals surface area contributed by atoms with Gasteiger partial charge in [0.05, 0.1) is 11.0 Å². The van der Waals surface area contributed by atoms with Gasteiger partial charge in [0.15, 0.2) is 0 Å². The zero-order chi connectivity index (χ0) is 22.0. The number of carbonyl (C=O) groups is 1. The molecule has 0 bridgehead atoms. The molecule has 6 nitrogen and oxygen atoms in total.